The molecule has 1 aliphatic heterocycles. The lowest BCUT2D eigenvalue weighted by molar-refractivity contribution is 0.0611. The quantitative estimate of drug-likeness (QED) is 0.928. The van der Waals surface area contributed by atoms with Crippen LogP contribution in [0.15, 0.2) is 16.5 Å². The molecule has 0 radical (unpaired) electrons. The van der Waals surface area contributed by atoms with Crippen LogP contribution in [0, 0.1) is 5.92 Å². The first-order valence-corrected chi connectivity index (χ1v) is 7.81. The molecule has 2 aliphatic rings. The monoisotopic (exact) mass is 291 g/mol. The summed E-state index contributed by atoms with van der Waals surface area (Å²) in [5, 5.41) is 8.88. The summed E-state index contributed by atoms with van der Waals surface area (Å²) in [5.41, 5.74) is 0. The number of furan rings is 1. The van der Waals surface area contributed by atoms with Gasteiger partial charge in [0.25, 0.3) is 5.91 Å². The van der Waals surface area contributed by atoms with Crippen molar-refractivity contribution in [2.24, 2.45) is 5.92 Å². The van der Waals surface area contributed by atoms with Crippen LogP contribution in [-0.4, -0.2) is 34.5 Å². The van der Waals surface area contributed by atoms with Crippen LogP contribution in [0.2, 0.25) is 0 Å². The summed E-state index contributed by atoms with van der Waals surface area (Å²) in [4.78, 5) is 25.3. The molecule has 1 amide bonds. The van der Waals surface area contributed by atoms with Crippen molar-refractivity contribution < 1.29 is 19.1 Å². The number of hydrogen-bond acceptors (Lipinski definition) is 3. The predicted molar refractivity (Wildman–Crippen MR) is 76.3 cm³/mol. The first kappa shape index (κ1) is 14.2. The number of aromatic carboxylic acids is 1. The van der Waals surface area contributed by atoms with Crippen LogP contribution >= 0.6 is 0 Å². The summed E-state index contributed by atoms with van der Waals surface area (Å²) in [5.74, 6) is -0.726. The van der Waals surface area contributed by atoms with Crippen molar-refractivity contribution in [3.05, 3.63) is 23.7 Å². The van der Waals surface area contributed by atoms with Crippen LogP contribution < -0.4 is 0 Å². The zero-order valence-corrected chi connectivity index (χ0v) is 12.1. The van der Waals surface area contributed by atoms with Crippen LogP contribution in [-0.2, 0) is 0 Å². The van der Waals surface area contributed by atoms with Gasteiger partial charge in [-0.05, 0) is 43.7 Å². The van der Waals surface area contributed by atoms with E-state index in [1.165, 1.54) is 44.2 Å². The molecule has 0 bridgehead atoms. The number of carbonyl (C=O) groups excluding carboxylic acids is 1. The number of carboxylic acids is 1. The van der Waals surface area contributed by atoms with Crippen molar-refractivity contribution in [3.8, 4) is 0 Å². The molecule has 1 aromatic heterocycles. The number of rotatable bonds is 3. The van der Waals surface area contributed by atoms with Gasteiger partial charge in [0.05, 0.1) is 0 Å². The summed E-state index contributed by atoms with van der Waals surface area (Å²) >= 11 is 0. The summed E-state index contributed by atoms with van der Waals surface area (Å²) in [6.07, 6.45) is 8.31. The standard InChI is InChI=1S/C16H21NO4/c18-15(13-8-9-14(21-13)16(19)20)17-10-4-7-12(17)11-5-2-1-3-6-11/h8-9,11-12H,1-7,10H2,(H,19,20)/t12-/m1/s1. The van der Waals surface area contributed by atoms with Crippen molar-refractivity contribution in [1.29, 1.82) is 0 Å². The van der Waals surface area contributed by atoms with Gasteiger partial charge in [0.2, 0.25) is 5.76 Å². The third kappa shape index (κ3) is 2.82. The second-order valence-corrected chi connectivity index (χ2v) is 6.08. The normalized spacial score (nSPS) is 23.4. The fourth-order valence-corrected chi connectivity index (χ4v) is 3.76. The number of carbonyl (C=O) groups is 2. The van der Waals surface area contributed by atoms with Gasteiger partial charge in [0, 0.05) is 12.6 Å². The van der Waals surface area contributed by atoms with Crippen LogP contribution in [0.5, 0.6) is 0 Å². The Balaban J connectivity index is 1.74. The van der Waals surface area contributed by atoms with E-state index in [9.17, 15) is 9.59 Å². The molecule has 0 unspecified atom stereocenters. The Labute approximate surface area is 123 Å². The maximum Gasteiger partial charge on any atom is 0.371 e. The lowest BCUT2D eigenvalue weighted by atomic mass is 9.83. The van der Waals surface area contributed by atoms with E-state index in [-0.39, 0.29) is 17.4 Å². The van der Waals surface area contributed by atoms with E-state index in [1.54, 1.807) is 0 Å². The van der Waals surface area contributed by atoms with Gasteiger partial charge >= 0.3 is 5.97 Å². The molecule has 5 heteroatoms. The molecule has 21 heavy (non-hydrogen) atoms. The van der Waals surface area contributed by atoms with Gasteiger partial charge in [0.1, 0.15) is 0 Å². The summed E-state index contributed by atoms with van der Waals surface area (Å²) in [6.45, 7) is 0.753. The molecule has 1 saturated carbocycles. The Hall–Kier alpha value is -1.78. The zero-order valence-electron chi connectivity index (χ0n) is 12.1. The molecule has 1 saturated heterocycles. The van der Waals surface area contributed by atoms with Gasteiger partial charge in [0.15, 0.2) is 5.76 Å². The molecule has 1 aliphatic carbocycles. The van der Waals surface area contributed by atoms with Crippen LogP contribution in [0.1, 0.15) is 66.1 Å². The summed E-state index contributed by atoms with van der Waals surface area (Å²) in [6, 6.07) is 3.12. The third-order valence-corrected chi connectivity index (χ3v) is 4.78. The first-order chi connectivity index (χ1) is 10.2. The second-order valence-electron chi connectivity index (χ2n) is 6.08. The molecule has 5 nitrogen and oxygen atoms in total. The van der Waals surface area contributed by atoms with Crippen molar-refractivity contribution in [2.45, 2.75) is 51.0 Å². The molecule has 0 spiro atoms. The number of amides is 1. The largest absolute Gasteiger partial charge is 0.475 e. The number of carboxylic acid groups (broad SMARTS) is 1. The van der Waals surface area contributed by atoms with E-state index in [1.807, 2.05) is 4.90 Å². The van der Waals surface area contributed by atoms with Gasteiger partial charge in [-0.25, -0.2) is 4.79 Å². The fraction of sp³-hybridized carbons (Fsp3) is 0.625. The highest BCUT2D eigenvalue weighted by Crippen LogP contribution is 2.35. The Bertz CT molecular complexity index is 530. The minimum absolute atomic E-state index is 0.148. The topological polar surface area (TPSA) is 70.8 Å². The predicted octanol–water partition coefficient (Wildman–Crippen LogP) is 3.16. The van der Waals surface area contributed by atoms with Crippen molar-refractivity contribution in [2.75, 3.05) is 6.54 Å². The minimum Gasteiger partial charge on any atom is -0.475 e. The Morgan fingerprint density at radius 2 is 1.76 bits per heavy atom. The zero-order chi connectivity index (χ0) is 14.8. The Kier molecular flexibility index (Phi) is 3.99. The molecule has 114 valence electrons. The number of hydrogen-bond donors (Lipinski definition) is 1. The van der Waals surface area contributed by atoms with E-state index in [2.05, 4.69) is 0 Å². The van der Waals surface area contributed by atoms with Crippen LogP contribution in [0.4, 0.5) is 0 Å². The van der Waals surface area contributed by atoms with Gasteiger partial charge in [-0.3, -0.25) is 4.79 Å². The third-order valence-electron chi connectivity index (χ3n) is 4.78. The van der Waals surface area contributed by atoms with Gasteiger partial charge in [-0.15, -0.1) is 0 Å². The molecule has 1 aromatic rings. The van der Waals surface area contributed by atoms with E-state index >= 15 is 0 Å². The fourth-order valence-electron chi connectivity index (χ4n) is 3.76. The molecule has 1 N–H and O–H groups in total. The van der Waals surface area contributed by atoms with Gasteiger partial charge in [-0.2, -0.15) is 0 Å². The first-order valence-electron chi connectivity index (χ1n) is 7.81. The minimum atomic E-state index is -1.14. The van der Waals surface area contributed by atoms with E-state index in [0.717, 1.165) is 19.4 Å². The Morgan fingerprint density at radius 3 is 2.43 bits per heavy atom. The van der Waals surface area contributed by atoms with Crippen LogP contribution in [0.25, 0.3) is 0 Å². The average molecular weight is 291 g/mol. The lowest BCUT2D eigenvalue weighted by Gasteiger charge is -2.33. The molecule has 2 heterocycles. The van der Waals surface area contributed by atoms with Crippen molar-refractivity contribution in [1.82, 2.24) is 4.90 Å². The van der Waals surface area contributed by atoms with E-state index in [0.29, 0.717) is 12.0 Å². The molecular formula is C16H21NO4. The molecule has 3 rings (SSSR count). The molecule has 0 aromatic carbocycles. The molecule has 2 fully saturated rings. The maximum absolute atomic E-state index is 12.6. The highest BCUT2D eigenvalue weighted by atomic mass is 16.4. The SMILES string of the molecule is O=C(O)c1ccc(C(=O)N2CCC[C@@H]2C2CCCCC2)o1. The van der Waals surface area contributed by atoms with E-state index < -0.39 is 5.97 Å². The lowest BCUT2D eigenvalue weighted by Crippen LogP contribution is -2.40. The summed E-state index contributed by atoms with van der Waals surface area (Å²) < 4.78 is 5.16. The van der Waals surface area contributed by atoms with Crippen molar-refractivity contribution >= 4 is 11.9 Å². The summed E-state index contributed by atoms with van der Waals surface area (Å²) in [7, 11) is 0. The number of nitrogens with zero attached hydrogens (tertiary/aromatic N) is 1. The number of likely N-dealkylation sites (tertiary alicyclic amines) is 1. The molecule has 1 atom stereocenters. The highest BCUT2D eigenvalue weighted by molar-refractivity contribution is 5.93. The van der Waals surface area contributed by atoms with Gasteiger partial charge in [-0.1, -0.05) is 19.3 Å². The second kappa shape index (κ2) is 5.92. The molecular weight excluding hydrogens is 270 g/mol. The smallest absolute Gasteiger partial charge is 0.371 e. The average Bonchev–Trinajstić information content (AvgIpc) is 3.17. The Morgan fingerprint density at radius 1 is 1.05 bits per heavy atom. The maximum atomic E-state index is 12.6. The van der Waals surface area contributed by atoms with E-state index in [4.69, 9.17) is 9.52 Å². The highest BCUT2D eigenvalue weighted by Gasteiger charge is 2.36. The van der Waals surface area contributed by atoms with Crippen LogP contribution in [0.3, 0.4) is 0 Å². The van der Waals surface area contributed by atoms with Gasteiger partial charge < -0.3 is 14.4 Å². The van der Waals surface area contributed by atoms with Crippen molar-refractivity contribution in [3.63, 3.8) is 0 Å².